The fourth-order valence-electron chi connectivity index (χ4n) is 8.45. The average molecular weight is 1000 g/mol. The molecule has 0 radical (unpaired) electrons. The van der Waals surface area contributed by atoms with Gasteiger partial charge in [-0.05, 0) is 79.8 Å². The molecule has 20 heteroatoms. The van der Waals surface area contributed by atoms with Gasteiger partial charge >= 0.3 is 11.9 Å². The summed E-state index contributed by atoms with van der Waals surface area (Å²) in [6, 6.07) is 11.0. The highest BCUT2D eigenvalue weighted by Gasteiger charge is 2.29. The van der Waals surface area contributed by atoms with Gasteiger partial charge in [0.05, 0.1) is 58.1 Å². The molecule has 72 heavy (non-hydrogen) atoms. The Hall–Kier alpha value is -7.12. The molecule has 2 atom stereocenters. The minimum absolute atomic E-state index is 0.0593. The molecule has 1 saturated carbocycles. The molecule has 0 spiro atoms. The third-order valence-electron chi connectivity index (χ3n) is 12.0. The molecule has 2 heterocycles. The molecule has 5 rings (SSSR count). The van der Waals surface area contributed by atoms with Crippen LogP contribution in [-0.2, 0) is 48.3 Å². The number of methoxy groups -OCH3 is 5. The number of aromatic nitrogens is 4. The van der Waals surface area contributed by atoms with Crippen molar-refractivity contribution in [2.24, 2.45) is 17.8 Å². The molecule has 392 valence electrons. The summed E-state index contributed by atoms with van der Waals surface area (Å²) in [5, 5.41) is 20.5. The number of benzene rings is 2. The Morgan fingerprint density at radius 2 is 1.15 bits per heavy atom. The van der Waals surface area contributed by atoms with Crippen LogP contribution in [0.2, 0.25) is 0 Å². The first kappa shape index (κ1) is 55.8. The molecule has 2 aromatic heterocycles. The largest absolute Gasteiger partial charge is 0.496 e. The second-order valence-electron chi connectivity index (χ2n) is 18.7. The lowest BCUT2D eigenvalue weighted by Crippen LogP contribution is -2.41. The van der Waals surface area contributed by atoms with Gasteiger partial charge in [-0.1, -0.05) is 53.5 Å². The molecular weight excluding hydrogens is 929 g/mol. The van der Waals surface area contributed by atoms with E-state index in [2.05, 4.69) is 31.1 Å². The first-order valence-electron chi connectivity index (χ1n) is 24.5. The maximum Gasteiger partial charge on any atom is 0.325 e. The van der Waals surface area contributed by atoms with Gasteiger partial charge in [0.1, 0.15) is 42.7 Å². The van der Waals surface area contributed by atoms with E-state index in [1.807, 2.05) is 52.8 Å². The summed E-state index contributed by atoms with van der Waals surface area (Å²) < 4.78 is 36.8. The van der Waals surface area contributed by atoms with Crippen molar-refractivity contribution < 1.29 is 57.2 Å². The number of carbonyl (C=O) groups excluding carboxylic acids is 6. The first-order chi connectivity index (χ1) is 34.5. The number of hydrogen-bond acceptors (Lipinski definition) is 14. The van der Waals surface area contributed by atoms with E-state index in [1.54, 1.807) is 47.8 Å². The number of ether oxygens (including phenoxy) is 6. The van der Waals surface area contributed by atoms with Crippen LogP contribution in [0, 0.1) is 17.8 Å². The van der Waals surface area contributed by atoms with Gasteiger partial charge in [0, 0.05) is 43.6 Å². The molecule has 4 N–H and O–H groups in total. The third kappa shape index (κ3) is 15.7. The Morgan fingerprint density at radius 3 is 1.62 bits per heavy atom. The standard InChI is InChI=1S/C52H72N8O12/c1-11-20-59-39(48-41(67-6)13-12-14-42(48)68-7)26-37(57-59)51(65)55-36(23-32(4)5)25-45(62)54-29-47(64)72-30-34-17-18-43(69-8)49(50(34)71-10)40-27-38(58-60(40)21-19-33-15-16-33)52(66)56-35(22-31(2)3)24-44(61)53-28-46(63)70-9/h12-14,17-18,26-27,31-33,35-36H,11,15-16,19-25,28-30H2,1-10H3,(H,53,61)(H,54,62)(H,55,65)(H,56,66)/t35-,36?/m0/s1. The minimum atomic E-state index is -0.712. The first-order valence-corrected chi connectivity index (χ1v) is 24.5. The van der Waals surface area contributed by atoms with Crippen molar-refractivity contribution in [1.29, 1.82) is 0 Å². The van der Waals surface area contributed by atoms with Crippen LogP contribution >= 0.6 is 0 Å². The SMILES string of the molecule is CCCn1nc(C(=O)NC(CC(=O)NCC(=O)OCc2ccc(OC)c(-c3cc(C(=O)N[C@H](CC(=O)NCC(=O)OC)CC(C)C)nn3CCC3CC3)c2OC)CC(C)C)cc1-c1c(OC)cccc1OC. The normalized spacial score (nSPS) is 12.9. The van der Waals surface area contributed by atoms with E-state index >= 15 is 0 Å². The van der Waals surface area contributed by atoms with Crippen molar-refractivity contribution in [1.82, 2.24) is 40.8 Å². The number of carbonyl (C=O) groups is 6. The summed E-state index contributed by atoms with van der Waals surface area (Å²) in [6.45, 7) is 10.0. The molecule has 1 aliphatic rings. The highest BCUT2D eigenvalue weighted by Crippen LogP contribution is 2.43. The van der Waals surface area contributed by atoms with E-state index in [0.29, 0.717) is 82.9 Å². The average Bonchev–Trinajstić information content (AvgIpc) is 3.94. The number of aryl methyl sites for hydroxylation is 2. The number of hydrogen-bond donors (Lipinski definition) is 4. The summed E-state index contributed by atoms with van der Waals surface area (Å²) in [5.74, 6) is -0.450. The highest BCUT2D eigenvalue weighted by atomic mass is 16.5. The number of nitrogens with one attached hydrogen (secondary N) is 4. The van der Waals surface area contributed by atoms with Gasteiger partial charge in [-0.2, -0.15) is 10.2 Å². The smallest absolute Gasteiger partial charge is 0.325 e. The van der Waals surface area contributed by atoms with Gasteiger partial charge in [0.15, 0.2) is 11.4 Å². The molecule has 2 aromatic carbocycles. The maximum atomic E-state index is 13.9. The van der Waals surface area contributed by atoms with Gasteiger partial charge in [0.2, 0.25) is 11.8 Å². The van der Waals surface area contributed by atoms with Crippen molar-refractivity contribution >= 4 is 35.6 Å². The predicted octanol–water partition coefficient (Wildman–Crippen LogP) is 5.88. The molecule has 1 fully saturated rings. The third-order valence-corrected chi connectivity index (χ3v) is 12.0. The Kier molecular flexibility index (Phi) is 20.9. The predicted molar refractivity (Wildman–Crippen MR) is 268 cm³/mol. The minimum Gasteiger partial charge on any atom is -0.496 e. The number of esters is 2. The van der Waals surface area contributed by atoms with E-state index in [4.69, 9.17) is 28.8 Å². The molecule has 1 unspecified atom stereocenters. The second kappa shape index (κ2) is 26.9. The lowest BCUT2D eigenvalue weighted by molar-refractivity contribution is -0.145. The van der Waals surface area contributed by atoms with E-state index in [9.17, 15) is 28.8 Å². The number of amides is 4. The van der Waals surface area contributed by atoms with Crippen LogP contribution in [0.4, 0.5) is 0 Å². The van der Waals surface area contributed by atoms with E-state index in [1.165, 1.54) is 21.3 Å². The van der Waals surface area contributed by atoms with Crippen LogP contribution in [0.15, 0.2) is 42.5 Å². The van der Waals surface area contributed by atoms with Crippen molar-refractivity contribution in [3.63, 3.8) is 0 Å². The molecule has 0 aliphatic heterocycles. The fourth-order valence-corrected chi connectivity index (χ4v) is 8.45. The van der Waals surface area contributed by atoms with Crippen molar-refractivity contribution in [3.05, 3.63) is 59.4 Å². The van der Waals surface area contributed by atoms with E-state index in [-0.39, 0.29) is 49.2 Å². The van der Waals surface area contributed by atoms with Crippen LogP contribution in [0.25, 0.3) is 22.5 Å². The van der Waals surface area contributed by atoms with Crippen molar-refractivity contribution in [3.8, 4) is 45.5 Å². The summed E-state index contributed by atoms with van der Waals surface area (Å²) in [6.07, 6.45) is 4.61. The molecule has 0 bridgehead atoms. The number of rotatable bonds is 29. The van der Waals surface area contributed by atoms with Gasteiger partial charge in [0.25, 0.3) is 11.8 Å². The summed E-state index contributed by atoms with van der Waals surface area (Å²) >= 11 is 0. The zero-order valence-electron chi connectivity index (χ0n) is 43.3. The molecule has 1 aliphatic carbocycles. The lowest BCUT2D eigenvalue weighted by Gasteiger charge is -2.20. The van der Waals surface area contributed by atoms with Gasteiger partial charge < -0.3 is 49.7 Å². The van der Waals surface area contributed by atoms with E-state index < -0.39 is 54.2 Å². The highest BCUT2D eigenvalue weighted by molar-refractivity contribution is 5.96. The van der Waals surface area contributed by atoms with Crippen LogP contribution in [0.1, 0.15) is 113 Å². The summed E-state index contributed by atoms with van der Waals surface area (Å²) in [5.41, 5.74) is 3.08. The maximum absolute atomic E-state index is 13.9. The Morgan fingerprint density at radius 1 is 0.653 bits per heavy atom. The van der Waals surface area contributed by atoms with Gasteiger partial charge in [-0.15, -0.1) is 0 Å². The van der Waals surface area contributed by atoms with Crippen LogP contribution in [0.3, 0.4) is 0 Å². The van der Waals surface area contributed by atoms with Crippen LogP contribution < -0.4 is 40.2 Å². The fraction of sp³-hybridized carbons (Fsp3) is 0.538. The molecular formula is C52H72N8O12. The van der Waals surface area contributed by atoms with Crippen LogP contribution in [0.5, 0.6) is 23.0 Å². The molecule has 4 amide bonds. The van der Waals surface area contributed by atoms with Crippen LogP contribution in [-0.4, -0.2) is 116 Å². The molecule has 20 nitrogen and oxygen atoms in total. The zero-order valence-corrected chi connectivity index (χ0v) is 43.3. The Bertz CT molecular complexity index is 2490. The monoisotopic (exact) mass is 1000 g/mol. The summed E-state index contributed by atoms with van der Waals surface area (Å²) in [7, 11) is 7.35. The lowest BCUT2D eigenvalue weighted by atomic mass is 10.0. The second-order valence-corrected chi connectivity index (χ2v) is 18.7. The van der Waals surface area contributed by atoms with Crippen molar-refractivity contribution in [2.75, 3.05) is 48.6 Å². The molecule has 4 aromatic rings. The number of nitrogens with zero attached hydrogens (tertiary/aromatic N) is 4. The van der Waals surface area contributed by atoms with Crippen molar-refractivity contribution in [2.45, 2.75) is 118 Å². The van der Waals surface area contributed by atoms with E-state index in [0.717, 1.165) is 25.7 Å². The topological polar surface area (TPSA) is 242 Å². The Balaban J connectivity index is 1.27. The van der Waals surface area contributed by atoms with Gasteiger partial charge in [-0.3, -0.25) is 38.1 Å². The zero-order chi connectivity index (χ0) is 52.5. The van der Waals surface area contributed by atoms with Gasteiger partial charge in [-0.25, -0.2) is 0 Å². The molecule has 0 saturated heterocycles. The quantitative estimate of drug-likeness (QED) is 0.0465. The summed E-state index contributed by atoms with van der Waals surface area (Å²) in [4.78, 5) is 78.6. The Labute approximate surface area is 421 Å².